The quantitative estimate of drug-likeness (QED) is 0.811. The SMILES string of the molecule is COc1ccc(Cl)cc1CN1CCN(CC(O)c2cc(F)ccc2F)CC1. The van der Waals surface area contributed by atoms with Crippen molar-refractivity contribution < 1.29 is 18.6 Å². The van der Waals surface area contributed by atoms with Crippen molar-refractivity contribution in [1.29, 1.82) is 0 Å². The summed E-state index contributed by atoms with van der Waals surface area (Å²) in [7, 11) is 1.64. The molecular weight excluding hydrogens is 374 g/mol. The first-order valence-electron chi connectivity index (χ1n) is 8.86. The van der Waals surface area contributed by atoms with Gasteiger partial charge in [-0.25, -0.2) is 8.78 Å². The van der Waals surface area contributed by atoms with Gasteiger partial charge in [-0.15, -0.1) is 0 Å². The number of hydrogen-bond donors (Lipinski definition) is 1. The van der Waals surface area contributed by atoms with Gasteiger partial charge < -0.3 is 9.84 Å². The molecule has 27 heavy (non-hydrogen) atoms. The summed E-state index contributed by atoms with van der Waals surface area (Å²) >= 11 is 6.09. The fraction of sp³-hybridized carbons (Fsp3) is 0.400. The molecule has 2 aromatic rings. The van der Waals surface area contributed by atoms with Crippen LogP contribution in [0.4, 0.5) is 8.78 Å². The van der Waals surface area contributed by atoms with Gasteiger partial charge in [0, 0.05) is 55.4 Å². The van der Waals surface area contributed by atoms with E-state index < -0.39 is 17.7 Å². The molecular formula is C20H23ClF2N2O2. The first-order chi connectivity index (χ1) is 13.0. The highest BCUT2D eigenvalue weighted by Gasteiger charge is 2.22. The van der Waals surface area contributed by atoms with E-state index in [4.69, 9.17) is 16.3 Å². The Balaban J connectivity index is 1.55. The van der Waals surface area contributed by atoms with Crippen molar-refractivity contribution in [2.45, 2.75) is 12.6 Å². The second-order valence-electron chi connectivity index (χ2n) is 6.71. The van der Waals surface area contributed by atoms with Gasteiger partial charge in [0.25, 0.3) is 0 Å². The van der Waals surface area contributed by atoms with E-state index in [0.717, 1.165) is 62.2 Å². The Morgan fingerprint density at radius 2 is 1.78 bits per heavy atom. The van der Waals surface area contributed by atoms with E-state index in [1.54, 1.807) is 13.2 Å². The third-order valence-electron chi connectivity index (χ3n) is 4.85. The molecule has 0 spiro atoms. The zero-order chi connectivity index (χ0) is 19.4. The second-order valence-corrected chi connectivity index (χ2v) is 7.15. The first kappa shape index (κ1) is 20.0. The van der Waals surface area contributed by atoms with Gasteiger partial charge in [0.1, 0.15) is 17.4 Å². The van der Waals surface area contributed by atoms with Gasteiger partial charge in [0.15, 0.2) is 0 Å². The van der Waals surface area contributed by atoms with Gasteiger partial charge in [0.2, 0.25) is 0 Å². The van der Waals surface area contributed by atoms with Crippen molar-refractivity contribution in [2.75, 3.05) is 39.8 Å². The maximum Gasteiger partial charge on any atom is 0.129 e. The van der Waals surface area contributed by atoms with Gasteiger partial charge in [-0.2, -0.15) is 0 Å². The molecule has 0 aliphatic carbocycles. The standard InChI is InChI=1S/C20H23ClF2N2O2/c1-27-20-5-2-15(21)10-14(20)12-24-6-8-25(9-7-24)13-19(26)17-11-16(22)3-4-18(17)23/h2-5,10-11,19,26H,6-9,12-13H2,1H3. The Bertz CT molecular complexity index is 783. The largest absolute Gasteiger partial charge is 0.496 e. The molecule has 1 heterocycles. The maximum atomic E-state index is 13.8. The molecule has 1 N–H and O–H groups in total. The van der Waals surface area contributed by atoms with Crippen LogP contribution in [-0.2, 0) is 6.54 Å². The third kappa shape index (κ3) is 5.17. The fourth-order valence-corrected chi connectivity index (χ4v) is 3.55. The van der Waals surface area contributed by atoms with Gasteiger partial charge in [-0.3, -0.25) is 9.80 Å². The van der Waals surface area contributed by atoms with Crippen LogP contribution in [0.2, 0.25) is 5.02 Å². The lowest BCUT2D eigenvalue weighted by Crippen LogP contribution is -2.47. The van der Waals surface area contributed by atoms with Crippen molar-refractivity contribution in [2.24, 2.45) is 0 Å². The average Bonchev–Trinajstić information content (AvgIpc) is 2.65. The predicted octanol–water partition coefficient (Wildman–Crippen LogP) is 3.48. The molecule has 4 nitrogen and oxygen atoms in total. The molecule has 1 saturated heterocycles. The lowest BCUT2D eigenvalue weighted by molar-refractivity contribution is 0.0681. The number of aliphatic hydroxyl groups excluding tert-OH is 1. The van der Waals surface area contributed by atoms with Crippen LogP contribution < -0.4 is 4.74 Å². The number of halogens is 3. The fourth-order valence-electron chi connectivity index (χ4n) is 3.35. The van der Waals surface area contributed by atoms with Crippen molar-refractivity contribution in [3.63, 3.8) is 0 Å². The van der Waals surface area contributed by atoms with Crippen molar-refractivity contribution in [1.82, 2.24) is 9.80 Å². The van der Waals surface area contributed by atoms with Crippen LogP contribution in [0.5, 0.6) is 5.75 Å². The zero-order valence-corrected chi connectivity index (χ0v) is 15.9. The topological polar surface area (TPSA) is 35.9 Å². The van der Waals surface area contributed by atoms with Crippen molar-refractivity contribution >= 4 is 11.6 Å². The molecule has 146 valence electrons. The number of aliphatic hydroxyl groups is 1. The number of rotatable bonds is 6. The highest BCUT2D eigenvalue weighted by Crippen LogP contribution is 2.25. The van der Waals surface area contributed by atoms with Crippen LogP contribution >= 0.6 is 11.6 Å². The maximum absolute atomic E-state index is 13.8. The molecule has 0 amide bonds. The van der Waals surface area contributed by atoms with E-state index in [1.807, 2.05) is 12.1 Å². The number of β-amino-alcohol motifs (C(OH)–C–C–N with tert-alkyl or cyclic N) is 1. The first-order valence-corrected chi connectivity index (χ1v) is 9.24. The van der Waals surface area contributed by atoms with Crippen LogP contribution in [0, 0.1) is 11.6 Å². The Labute approximate surface area is 162 Å². The summed E-state index contributed by atoms with van der Waals surface area (Å²) < 4.78 is 32.5. The molecule has 3 rings (SSSR count). The zero-order valence-electron chi connectivity index (χ0n) is 15.2. The van der Waals surface area contributed by atoms with Gasteiger partial charge >= 0.3 is 0 Å². The van der Waals surface area contributed by atoms with Crippen molar-refractivity contribution in [3.8, 4) is 5.75 Å². The minimum Gasteiger partial charge on any atom is -0.496 e. The Hall–Kier alpha value is -1.73. The minimum absolute atomic E-state index is 0.00101. The number of benzene rings is 2. The molecule has 1 aliphatic rings. The lowest BCUT2D eigenvalue weighted by Gasteiger charge is -2.35. The normalized spacial score (nSPS) is 17.1. The van der Waals surface area contributed by atoms with E-state index in [-0.39, 0.29) is 12.1 Å². The van der Waals surface area contributed by atoms with Crippen LogP contribution in [0.1, 0.15) is 17.2 Å². The highest BCUT2D eigenvalue weighted by molar-refractivity contribution is 6.30. The van der Waals surface area contributed by atoms with Crippen LogP contribution in [-0.4, -0.2) is 54.7 Å². The molecule has 0 aromatic heterocycles. The molecule has 1 fully saturated rings. The summed E-state index contributed by atoms with van der Waals surface area (Å²) in [6, 6.07) is 8.72. The summed E-state index contributed by atoms with van der Waals surface area (Å²) in [5.74, 6) is -0.333. The van der Waals surface area contributed by atoms with Crippen LogP contribution in [0.15, 0.2) is 36.4 Å². The second kappa shape index (κ2) is 8.97. The van der Waals surface area contributed by atoms with Gasteiger partial charge in [-0.1, -0.05) is 11.6 Å². The Kier molecular flexibility index (Phi) is 6.65. The Morgan fingerprint density at radius 1 is 1.07 bits per heavy atom. The van der Waals surface area contributed by atoms with E-state index in [2.05, 4.69) is 9.80 Å². The molecule has 0 radical (unpaired) electrons. The third-order valence-corrected chi connectivity index (χ3v) is 5.08. The van der Waals surface area contributed by atoms with Gasteiger partial charge in [0.05, 0.1) is 13.2 Å². The molecule has 0 saturated carbocycles. The van der Waals surface area contributed by atoms with Crippen LogP contribution in [0.3, 0.4) is 0 Å². The van der Waals surface area contributed by atoms with E-state index >= 15 is 0 Å². The smallest absolute Gasteiger partial charge is 0.129 e. The Morgan fingerprint density at radius 3 is 2.48 bits per heavy atom. The van der Waals surface area contributed by atoms with Gasteiger partial charge in [-0.05, 0) is 36.4 Å². The molecule has 1 atom stereocenters. The monoisotopic (exact) mass is 396 g/mol. The summed E-state index contributed by atoms with van der Waals surface area (Å²) in [6.07, 6.45) is -1.06. The predicted molar refractivity (Wildman–Crippen MR) is 101 cm³/mol. The van der Waals surface area contributed by atoms with E-state index in [1.165, 1.54) is 0 Å². The van der Waals surface area contributed by atoms with E-state index in [0.29, 0.717) is 5.02 Å². The molecule has 7 heteroatoms. The molecule has 2 aromatic carbocycles. The average molecular weight is 397 g/mol. The molecule has 1 unspecified atom stereocenters. The number of methoxy groups -OCH3 is 1. The molecule has 1 aliphatic heterocycles. The number of ether oxygens (including phenoxy) is 1. The summed E-state index contributed by atoms with van der Waals surface area (Å²) in [4.78, 5) is 4.33. The number of nitrogens with zero attached hydrogens (tertiary/aromatic N) is 2. The van der Waals surface area contributed by atoms with E-state index in [9.17, 15) is 13.9 Å². The summed E-state index contributed by atoms with van der Waals surface area (Å²) in [5, 5.41) is 11.0. The summed E-state index contributed by atoms with van der Waals surface area (Å²) in [5.41, 5.74) is 1.03. The summed E-state index contributed by atoms with van der Waals surface area (Å²) in [6.45, 7) is 4.06. The molecule has 0 bridgehead atoms. The highest BCUT2D eigenvalue weighted by atomic mass is 35.5. The number of piperazine rings is 1. The number of hydrogen-bond acceptors (Lipinski definition) is 4. The minimum atomic E-state index is -1.06. The van der Waals surface area contributed by atoms with Crippen molar-refractivity contribution in [3.05, 3.63) is 64.2 Å². The lowest BCUT2D eigenvalue weighted by atomic mass is 10.1. The van der Waals surface area contributed by atoms with Crippen LogP contribution in [0.25, 0.3) is 0 Å².